The van der Waals surface area contributed by atoms with Crippen molar-refractivity contribution >= 4 is 33.2 Å². The first-order chi connectivity index (χ1) is 10.7. The minimum absolute atomic E-state index is 0.138. The number of hydrogen-bond acceptors (Lipinski definition) is 3. The number of nitrogens with one attached hydrogen (secondary N) is 1. The number of rotatable bonds is 4. The van der Waals surface area contributed by atoms with Crippen LogP contribution in [-0.4, -0.2) is 32.2 Å². The van der Waals surface area contributed by atoms with Crippen molar-refractivity contribution in [3.8, 4) is 0 Å². The highest BCUT2D eigenvalue weighted by Gasteiger charge is 2.20. The van der Waals surface area contributed by atoms with Crippen molar-refractivity contribution in [2.24, 2.45) is 5.92 Å². The molecule has 4 nitrogen and oxygen atoms in total. The van der Waals surface area contributed by atoms with Gasteiger partial charge < -0.3 is 15.0 Å². The van der Waals surface area contributed by atoms with Crippen LogP contribution in [0, 0.1) is 5.92 Å². The fourth-order valence-corrected chi connectivity index (χ4v) is 3.73. The number of anilines is 2. The lowest BCUT2D eigenvalue weighted by Gasteiger charge is -2.30. The molecule has 120 valence electrons. The molecule has 0 atom stereocenters. The number of benzene rings is 1. The molecule has 3 rings (SSSR count). The van der Waals surface area contributed by atoms with Gasteiger partial charge in [0.05, 0.1) is 24.6 Å². The average Bonchev–Trinajstić information content (AvgIpc) is 3.01. The zero-order valence-corrected chi connectivity index (χ0v) is 14.4. The highest BCUT2D eigenvalue weighted by atomic mass is 79.9. The van der Waals surface area contributed by atoms with Crippen molar-refractivity contribution in [2.45, 2.75) is 32.1 Å². The number of carbonyl (C=O) groups is 1. The van der Waals surface area contributed by atoms with Gasteiger partial charge in [0.25, 0.3) is 0 Å². The van der Waals surface area contributed by atoms with Crippen LogP contribution in [0.5, 0.6) is 0 Å². The second kappa shape index (κ2) is 7.47. The van der Waals surface area contributed by atoms with E-state index in [1.54, 1.807) is 0 Å². The van der Waals surface area contributed by atoms with Gasteiger partial charge >= 0.3 is 0 Å². The van der Waals surface area contributed by atoms with E-state index < -0.39 is 0 Å². The summed E-state index contributed by atoms with van der Waals surface area (Å²) in [5.41, 5.74) is 1.99. The van der Waals surface area contributed by atoms with Crippen LogP contribution >= 0.6 is 15.9 Å². The van der Waals surface area contributed by atoms with Gasteiger partial charge in [-0.05, 0) is 37.0 Å². The van der Waals surface area contributed by atoms with Gasteiger partial charge in [0, 0.05) is 24.0 Å². The molecule has 1 amide bonds. The lowest BCUT2D eigenvalue weighted by molar-refractivity contribution is -0.117. The topological polar surface area (TPSA) is 41.6 Å². The van der Waals surface area contributed by atoms with Gasteiger partial charge in [0.1, 0.15) is 0 Å². The summed E-state index contributed by atoms with van der Waals surface area (Å²) >= 11 is 3.50. The highest BCUT2D eigenvalue weighted by Crippen LogP contribution is 2.32. The van der Waals surface area contributed by atoms with Gasteiger partial charge in [-0.1, -0.05) is 28.8 Å². The number of ether oxygens (including phenoxy) is 1. The first-order valence-electron chi connectivity index (χ1n) is 8.14. The van der Waals surface area contributed by atoms with E-state index in [1.807, 2.05) is 12.1 Å². The molecule has 1 N–H and O–H groups in total. The first-order valence-corrected chi connectivity index (χ1v) is 8.94. The summed E-state index contributed by atoms with van der Waals surface area (Å²) in [5, 5.41) is 3.12. The molecule has 5 heteroatoms. The molecule has 1 aliphatic heterocycles. The maximum absolute atomic E-state index is 12.3. The van der Waals surface area contributed by atoms with Gasteiger partial charge in [0.2, 0.25) is 5.91 Å². The molecule has 22 heavy (non-hydrogen) atoms. The van der Waals surface area contributed by atoms with Crippen LogP contribution in [-0.2, 0) is 9.53 Å². The molecule has 0 unspecified atom stereocenters. The van der Waals surface area contributed by atoms with E-state index in [4.69, 9.17) is 4.74 Å². The molecule has 1 heterocycles. The summed E-state index contributed by atoms with van der Waals surface area (Å²) < 4.78 is 6.40. The molecule has 1 saturated carbocycles. The Morgan fingerprint density at radius 1 is 1.27 bits per heavy atom. The second-order valence-electron chi connectivity index (χ2n) is 6.16. The van der Waals surface area contributed by atoms with Crippen molar-refractivity contribution in [3.05, 3.63) is 22.7 Å². The summed E-state index contributed by atoms with van der Waals surface area (Å²) in [6.07, 6.45) is 5.58. The summed E-state index contributed by atoms with van der Waals surface area (Å²) in [4.78, 5) is 14.6. The van der Waals surface area contributed by atoms with E-state index in [1.165, 1.54) is 25.7 Å². The van der Waals surface area contributed by atoms with E-state index in [9.17, 15) is 4.79 Å². The van der Waals surface area contributed by atoms with Crippen molar-refractivity contribution in [2.75, 3.05) is 36.5 Å². The average molecular weight is 367 g/mol. The van der Waals surface area contributed by atoms with Gasteiger partial charge in [-0.3, -0.25) is 4.79 Å². The smallest absolute Gasteiger partial charge is 0.224 e. The third kappa shape index (κ3) is 4.02. The maximum Gasteiger partial charge on any atom is 0.224 e. The van der Waals surface area contributed by atoms with Crippen LogP contribution in [0.15, 0.2) is 22.7 Å². The number of amides is 1. The largest absolute Gasteiger partial charge is 0.378 e. The number of carbonyl (C=O) groups excluding carboxylic acids is 1. The van der Waals surface area contributed by atoms with Crippen molar-refractivity contribution in [1.29, 1.82) is 0 Å². The van der Waals surface area contributed by atoms with Gasteiger partial charge in [-0.2, -0.15) is 0 Å². The van der Waals surface area contributed by atoms with Crippen LogP contribution in [0.2, 0.25) is 0 Å². The molecule has 2 fully saturated rings. The summed E-state index contributed by atoms with van der Waals surface area (Å²) in [6, 6.07) is 6.09. The second-order valence-corrected chi connectivity index (χ2v) is 7.08. The van der Waals surface area contributed by atoms with E-state index in [-0.39, 0.29) is 5.91 Å². The molecule has 0 spiro atoms. The van der Waals surface area contributed by atoms with E-state index in [2.05, 4.69) is 32.2 Å². The number of morpholine rings is 1. The number of hydrogen-bond donors (Lipinski definition) is 1. The Morgan fingerprint density at radius 3 is 2.73 bits per heavy atom. The molecule has 1 aromatic carbocycles. The molecule has 1 saturated heterocycles. The first kappa shape index (κ1) is 15.8. The molecular formula is C17H23BrN2O2. The highest BCUT2D eigenvalue weighted by molar-refractivity contribution is 9.10. The van der Waals surface area contributed by atoms with Crippen LogP contribution in [0.1, 0.15) is 32.1 Å². The van der Waals surface area contributed by atoms with Crippen molar-refractivity contribution in [3.63, 3.8) is 0 Å². The molecule has 2 aliphatic rings. The van der Waals surface area contributed by atoms with E-state index in [0.717, 1.165) is 42.2 Å². The van der Waals surface area contributed by atoms with Crippen LogP contribution < -0.4 is 10.2 Å². The summed E-state index contributed by atoms with van der Waals surface area (Å²) in [6.45, 7) is 3.22. The van der Waals surface area contributed by atoms with Crippen molar-refractivity contribution < 1.29 is 9.53 Å². The van der Waals surface area contributed by atoms with Crippen LogP contribution in [0.25, 0.3) is 0 Å². The minimum atomic E-state index is 0.138. The molecule has 0 radical (unpaired) electrons. The maximum atomic E-state index is 12.3. The fraction of sp³-hybridized carbons (Fsp3) is 0.588. The fourth-order valence-electron chi connectivity index (χ4n) is 3.37. The summed E-state index contributed by atoms with van der Waals surface area (Å²) in [5.74, 6) is 0.707. The monoisotopic (exact) mass is 366 g/mol. The van der Waals surface area contributed by atoms with Gasteiger partial charge in [-0.25, -0.2) is 0 Å². The molecular weight excluding hydrogens is 344 g/mol. The third-order valence-electron chi connectivity index (χ3n) is 4.53. The summed E-state index contributed by atoms with van der Waals surface area (Å²) in [7, 11) is 0. The number of halogens is 1. The quantitative estimate of drug-likeness (QED) is 0.880. The Labute approximate surface area is 140 Å². The Morgan fingerprint density at radius 2 is 2.00 bits per heavy atom. The Balaban J connectivity index is 1.70. The molecule has 0 aromatic heterocycles. The van der Waals surface area contributed by atoms with Crippen molar-refractivity contribution in [1.82, 2.24) is 0 Å². The Kier molecular flexibility index (Phi) is 5.37. The SMILES string of the molecule is O=C(CC1CCCC1)Nc1cc(Br)ccc1N1CCOCC1. The van der Waals surface area contributed by atoms with Crippen LogP contribution in [0.4, 0.5) is 11.4 Å². The zero-order valence-electron chi connectivity index (χ0n) is 12.8. The zero-order chi connectivity index (χ0) is 15.4. The normalized spacial score (nSPS) is 19.4. The third-order valence-corrected chi connectivity index (χ3v) is 5.03. The Hall–Kier alpha value is -1.07. The lowest BCUT2D eigenvalue weighted by Crippen LogP contribution is -2.36. The predicted molar refractivity (Wildman–Crippen MR) is 92.4 cm³/mol. The molecule has 0 bridgehead atoms. The predicted octanol–water partition coefficient (Wildman–Crippen LogP) is 3.80. The minimum Gasteiger partial charge on any atom is -0.378 e. The van der Waals surface area contributed by atoms with Crippen LogP contribution in [0.3, 0.4) is 0 Å². The van der Waals surface area contributed by atoms with E-state index >= 15 is 0 Å². The molecule has 1 aromatic rings. The van der Waals surface area contributed by atoms with Gasteiger partial charge in [-0.15, -0.1) is 0 Å². The van der Waals surface area contributed by atoms with Gasteiger partial charge in [0.15, 0.2) is 0 Å². The Bertz CT molecular complexity index is 523. The standard InChI is InChI=1S/C17H23BrN2O2/c18-14-5-6-16(20-7-9-22-10-8-20)15(12-14)19-17(21)11-13-3-1-2-4-13/h5-6,12-13H,1-4,7-11H2,(H,19,21). The van der Waals surface area contributed by atoms with E-state index in [0.29, 0.717) is 12.3 Å². The lowest BCUT2D eigenvalue weighted by atomic mass is 10.0. The molecule has 1 aliphatic carbocycles. The number of nitrogens with zero attached hydrogens (tertiary/aromatic N) is 1.